The van der Waals surface area contributed by atoms with Gasteiger partial charge in [-0.25, -0.2) is 0 Å². The number of hydrogen-bond donors (Lipinski definition) is 1. The molecule has 2 nitrogen and oxygen atoms in total. The molecule has 1 N–H and O–H groups in total. The molecule has 0 amide bonds. The minimum Gasteiger partial charge on any atom is -0.492 e. The highest BCUT2D eigenvalue weighted by atomic mass is 16.5. The first-order valence-electron chi connectivity index (χ1n) is 7.94. The van der Waals surface area contributed by atoms with Crippen molar-refractivity contribution in [3.63, 3.8) is 0 Å². The third-order valence-corrected chi connectivity index (χ3v) is 3.49. The van der Waals surface area contributed by atoms with Crippen LogP contribution in [0.15, 0.2) is 24.3 Å². The van der Waals surface area contributed by atoms with Crippen molar-refractivity contribution in [2.24, 2.45) is 0 Å². The molecule has 0 aromatic heterocycles. The van der Waals surface area contributed by atoms with Gasteiger partial charge in [-0.05, 0) is 42.5 Å². The maximum absolute atomic E-state index is 5.92. The van der Waals surface area contributed by atoms with Gasteiger partial charge in [0, 0.05) is 6.04 Å². The molecule has 0 saturated carbocycles. The summed E-state index contributed by atoms with van der Waals surface area (Å²) in [4.78, 5) is 0. The second-order valence-corrected chi connectivity index (χ2v) is 6.53. The van der Waals surface area contributed by atoms with Gasteiger partial charge in [-0.1, -0.05) is 53.2 Å². The van der Waals surface area contributed by atoms with Crippen LogP contribution in [0.2, 0.25) is 0 Å². The van der Waals surface area contributed by atoms with E-state index >= 15 is 0 Å². The number of ether oxygens (including phenoxy) is 1. The third kappa shape index (κ3) is 5.96. The molecule has 1 atom stereocenters. The summed E-state index contributed by atoms with van der Waals surface area (Å²) in [7, 11) is 0. The van der Waals surface area contributed by atoms with Crippen molar-refractivity contribution in [1.29, 1.82) is 0 Å². The van der Waals surface area contributed by atoms with Crippen LogP contribution in [0.1, 0.15) is 59.4 Å². The van der Waals surface area contributed by atoms with Gasteiger partial charge in [-0.3, -0.25) is 0 Å². The van der Waals surface area contributed by atoms with Gasteiger partial charge in [0.05, 0.1) is 0 Å². The highest BCUT2D eigenvalue weighted by Crippen LogP contribution is 2.24. The lowest BCUT2D eigenvalue weighted by atomic mass is 9.87. The first-order chi connectivity index (χ1) is 9.47. The van der Waals surface area contributed by atoms with Gasteiger partial charge in [-0.15, -0.1) is 0 Å². The van der Waals surface area contributed by atoms with Gasteiger partial charge >= 0.3 is 0 Å². The maximum Gasteiger partial charge on any atom is 0.119 e. The van der Waals surface area contributed by atoms with E-state index in [9.17, 15) is 0 Å². The average molecular weight is 277 g/mol. The summed E-state index contributed by atoms with van der Waals surface area (Å²) < 4.78 is 5.92. The van der Waals surface area contributed by atoms with Gasteiger partial charge in [0.2, 0.25) is 0 Å². The summed E-state index contributed by atoms with van der Waals surface area (Å²) in [5, 5.41) is 3.55. The minimum atomic E-state index is 0.200. The van der Waals surface area contributed by atoms with E-state index in [-0.39, 0.29) is 5.41 Å². The van der Waals surface area contributed by atoms with Crippen LogP contribution in [0.25, 0.3) is 0 Å². The molecule has 0 aliphatic heterocycles. The van der Waals surface area contributed by atoms with Crippen LogP contribution >= 0.6 is 0 Å². The fraction of sp³-hybridized carbons (Fsp3) is 0.667. The van der Waals surface area contributed by atoms with E-state index in [2.05, 4.69) is 64.2 Å². The van der Waals surface area contributed by atoms with E-state index < -0.39 is 0 Å². The first-order valence-corrected chi connectivity index (χ1v) is 7.94. The monoisotopic (exact) mass is 277 g/mol. The lowest BCUT2D eigenvalue weighted by Gasteiger charge is -2.21. The molecule has 114 valence electrons. The molecule has 0 bridgehead atoms. The van der Waals surface area contributed by atoms with Crippen LogP contribution in [0.3, 0.4) is 0 Å². The van der Waals surface area contributed by atoms with Crippen molar-refractivity contribution >= 4 is 0 Å². The van der Waals surface area contributed by atoms with Crippen molar-refractivity contribution < 1.29 is 4.74 Å². The van der Waals surface area contributed by atoms with Crippen molar-refractivity contribution in [2.75, 3.05) is 13.2 Å². The predicted molar refractivity (Wildman–Crippen MR) is 87.6 cm³/mol. The van der Waals surface area contributed by atoms with Crippen molar-refractivity contribution in [3.05, 3.63) is 29.8 Å². The molecule has 0 aliphatic rings. The molecule has 1 rings (SSSR count). The van der Waals surface area contributed by atoms with E-state index in [0.717, 1.165) is 18.9 Å². The van der Waals surface area contributed by atoms with Gasteiger partial charge in [0.25, 0.3) is 0 Å². The van der Waals surface area contributed by atoms with E-state index in [0.29, 0.717) is 6.04 Å². The highest BCUT2D eigenvalue weighted by Gasteiger charge is 2.13. The summed E-state index contributed by atoms with van der Waals surface area (Å²) in [6.07, 6.45) is 3.52. The molecular weight excluding hydrogens is 246 g/mol. The SMILES string of the molecule is CCCNC(CCC)COc1ccc(C(C)(C)C)cc1. The topological polar surface area (TPSA) is 21.3 Å². The minimum absolute atomic E-state index is 0.200. The number of rotatable bonds is 8. The normalized spacial score (nSPS) is 13.2. The molecule has 1 unspecified atom stereocenters. The zero-order valence-electron chi connectivity index (χ0n) is 13.8. The Balaban J connectivity index is 2.51. The zero-order valence-corrected chi connectivity index (χ0v) is 13.8. The predicted octanol–water partition coefficient (Wildman–Crippen LogP) is 4.53. The van der Waals surface area contributed by atoms with Crippen LogP contribution < -0.4 is 10.1 Å². The molecule has 20 heavy (non-hydrogen) atoms. The Hall–Kier alpha value is -1.02. The summed E-state index contributed by atoms with van der Waals surface area (Å²) in [6, 6.07) is 8.97. The summed E-state index contributed by atoms with van der Waals surface area (Å²) in [6.45, 7) is 12.9. The third-order valence-electron chi connectivity index (χ3n) is 3.49. The van der Waals surface area contributed by atoms with Gasteiger partial charge in [-0.2, -0.15) is 0 Å². The van der Waals surface area contributed by atoms with Crippen molar-refractivity contribution in [2.45, 2.75) is 65.3 Å². The molecule has 1 aromatic carbocycles. The Morgan fingerprint density at radius 3 is 2.20 bits per heavy atom. The van der Waals surface area contributed by atoms with Crippen LogP contribution in [-0.4, -0.2) is 19.2 Å². The van der Waals surface area contributed by atoms with Crippen molar-refractivity contribution in [1.82, 2.24) is 5.32 Å². The fourth-order valence-electron chi connectivity index (χ4n) is 2.19. The standard InChI is InChI=1S/C18H31NO/c1-6-8-16(19-13-7-2)14-20-17-11-9-15(10-12-17)18(3,4)5/h9-12,16,19H,6-8,13-14H2,1-5H3. The van der Waals surface area contributed by atoms with Crippen molar-refractivity contribution in [3.8, 4) is 5.75 Å². The first kappa shape index (κ1) is 17.0. The Bertz CT molecular complexity index is 364. The Kier molecular flexibility index (Phi) is 7.08. The molecule has 0 spiro atoms. The lowest BCUT2D eigenvalue weighted by molar-refractivity contribution is 0.256. The number of nitrogens with one attached hydrogen (secondary N) is 1. The average Bonchev–Trinajstić information content (AvgIpc) is 2.41. The summed E-state index contributed by atoms with van der Waals surface area (Å²) in [5.74, 6) is 0.970. The van der Waals surface area contributed by atoms with Crippen LogP contribution in [0, 0.1) is 0 Å². The number of hydrogen-bond acceptors (Lipinski definition) is 2. The van der Waals surface area contributed by atoms with Gasteiger partial charge in [0.15, 0.2) is 0 Å². The molecule has 0 fully saturated rings. The van der Waals surface area contributed by atoms with Gasteiger partial charge in [0.1, 0.15) is 12.4 Å². The number of benzene rings is 1. The van der Waals surface area contributed by atoms with Gasteiger partial charge < -0.3 is 10.1 Å². The molecule has 2 heteroatoms. The fourth-order valence-corrected chi connectivity index (χ4v) is 2.19. The molecule has 0 saturated heterocycles. The second kappa shape index (κ2) is 8.31. The quantitative estimate of drug-likeness (QED) is 0.753. The van der Waals surface area contributed by atoms with Crippen LogP contribution in [0.4, 0.5) is 0 Å². The Labute approximate surface area is 124 Å². The zero-order chi connectivity index (χ0) is 15.0. The largest absolute Gasteiger partial charge is 0.492 e. The van der Waals surface area contributed by atoms with Crippen LogP contribution in [-0.2, 0) is 5.41 Å². The lowest BCUT2D eigenvalue weighted by Crippen LogP contribution is -2.35. The Morgan fingerprint density at radius 1 is 1.05 bits per heavy atom. The molecular formula is C18H31NO. The maximum atomic E-state index is 5.92. The van der Waals surface area contributed by atoms with E-state index in [4.69, 9.17) is 4.74 Å². The summed E-state index contributed by atoms with van der Waals surface area (Å²) >= 11 is 0. The second-order valence-electron chi connectivity index (χ2n) is 6.53. The smallest absolute Gasteiger partial charge is 0.119 e. The highest BCUT2D eigenvalue weighted by molar-refractivity contribution is 5.31. The molecule has 0 aliphatic carbocycles. The molecule has 1 aromatic rings. The summed E-state index contributed by atoms with van der Waals surface area (Å²) in [5.41, 5.74) is 1.55. The molecule has 0 radical (unpaired) electrons. The van der Waals surface area contributed by atoms with E-state index in [1.54, 1.807) is 0 Å². The Morgan fingerprint density at radius 2 is 1.70 bits per heavy atom. The molecule has 0 heterocycles. The van der Waals surface area contributed by atoms with E-state index in [1.807, 2.05) is 0 Å². The van der Waals surface area contributed by atoms with Crippen LogP contribution in [0.5, 0.6) is 5.75 Å². The van der Waals surface area contributed by atoms with E-state index in [1.165, 1.54) is 24.8 Å².